The number of aliphatic carboxylic acids is 1. The number of aryl methyl sites for hydroxylation is 1. The molecule has 0 aliphatic carbocycles. The van der Waals surface area contributed by atoms with E-state index in [-0.39, 0.29) is 0 Å². The Labute approximate surface area is 137 Å². The fourth-order valence-corrected chi connectivity index (χ4v) is 2.47. The van der Waals surface area contributed by atoms with Gasteiger partial charge in [-0.3, -0.25) is 4.68 Å². The number of benzene rings is 1. The van der Waals surface area contributed by atoms with Crippen molar-refractivity contribution in [3.63, 3.8) is 0 Å². The molecule has 6 heteroatoms. The molecule has 1 aromatic heterocycles. The summed E-state index contributed by atoms with van der Waals surface area (Å²) in [6, 6.07) is 5.55. The van der Waals surface area contributed by atoms with Crippen molar-refractivity contribution in [2.24, 2.45) is 0 Å². The minimum absolute atomic E-state index is 0.552. The Morgan fingerprint density at radius 2 is 2.18 bits per heavy atom. The maximum atomic E-state index is 10.6. The van der Waals surface area contributed by atoms with Gasteiger partial charge >= 0.3 is 5.97 Å². The minimum Gasteiger partial charge on any atom is -0.496 e. The van der Waals surface area contributed by atoms with Crippen LogP contribution in [0.5, 0.6) is 5.75 Å². The van der Waals surface area contributed by atoms with Crippen molar-refractivity contribution in [3.05, 3.63) is 51.3 Å². The van der Waals surface area contributed by atoms with E-state index in [4.69, 9.17) is 9.84 Å². The summed E-state index contributed by atoms with van der Waals surface area (Å²) in [5.41, 5.74) is 3.70. The highest BCUT2D eigenvalue weighted by molar-refractivity contribution is 9.10. The number of methoxy groups -OCH3 is 1. The van der Waals surface area contributed by atoms with Crippen LogP contribution in [0.3, 0.4) is 0 Å². The molecule has 0 amide bonds. The molecular formula is C16H17BrN2O3. The summed E-state index contributed by atoms with van der Waals surface area (Å²) in [5, 5.41) is 13.2. The van der Waals surface area contributed by atoms with Crippen LogP contribution in [0, 0.1) is 13.8 Å². The molecule has 0 spiro atoms. The Bertz CT molecular complexity index is 735. The smallest absolute Gasteiger partial charge is 0.328 e. The first-order valence-electron chi connectivity index (χ1n) is 6.69. The second-order valence-electron chi connectivity index (χ2n) is 4.89. The molecular weight excluding hydrogens is 348 g/mol. The monoisotopic (exact) mass is 364 g/mol. The number of halogens is 1. The molecule has 0 bridgehead atoms. The highest BCUT2D eigenvalue weighted by Gasteiger charge is 2.11. The van der Waals surface area contributed by atoms with E-state index in [9.17, 15) is 4.79 Å². The van der Waals surface area contributed by atoms with Crippen molar-refractivity contribution >= 4 is 28.0 Å². The largest absolute Gasteiger partial charge is 0.496 e. The normalized spacial score (nSPS) is 11.1. The van der Waals surface area contributed by atoms with E-state index in [1.54, 1.807) is 13.2 Å². The summed E-state index contributed by atoms with van der Waals surface area (Å²) < 4.78 is 8.27. The summed E-state index contributed by atoms with van der Waals surface area (Å²) in [7, 11) is 1.61. The van der Waals surface area contributed by atoms with Crippen LogP contribution in [-0.2, 0) is 11.3 Å². The van der Waals surface area contributed by atoms with Gasteiger partial charge in [0.05, 0.1) is 29.5 Å². The van der Waals surface area contributed by atoms with Gasteiger partial charge in [0, 0.05) is 11.6 Å². The van der Waals surface area contributed by atoms with E-state index in [0.717, 1.165) is 38.8 Å². The Kier molecular flexibility index (Phi) is 5.03. The Balaban J connectivity index is 2.37. The summed E-state index contributed by atoms with van der Waals surface area (Å²) in [5.74, 6) is -0.226. The molecule has 0 fully saturated rings. The quantitative estimate of drug-likeness (QED) is 0.825. The number of hydrogen-bond acceptors (Lipinski definition) is 3. The second kappa shape index (κ2) is 6.79. The van der Waals surface area contributed by atoms with Crippen LogP contribution >= 0.6 is 15.9 Å². The van der Waals surface area contributed by atoms with E-state index >= 15 is 0 Å². The molecule has 2 aromatic rings. The number of aromatic nitrogens is 2. The zero-order chi connectivity index (χ0) is 16.3. The van der Waals surface area contributed by atoms with Gasteiger partial charge in [-0.2, -0.15) is 5.10 Å². The van der Waals surface area contributed by atoms with Crippen molar-refractivity contribution in [3.8, 4) is 5.75 Å². The lowest BCUT2D eigenvalue weighted by Gasteiger charge is -2.11. The number of rotatable bonds is 5. The summed E-state index contributed by atoms with van der Waals surface area (Å²) >= 11 is 3.51. The highest BCUT2D eigenvalue weighted by Crippen LogP contribution is 2.25. The molecule has 5 nitrogen and oxygen atoms in total. The average molecular weight is 365 g/mol. The molecule has 116 valence electrons. The molecule has 0 radical (unpaired) electrons. The van der Waals surface area contributed by atoms with Crippen LogP contribution < -0.4 is 4.74 Å². The molecule has 0 aliphatic heterocycles. The van der Waals surface area contributed by atoms with Crippen LogP contribution in [0.2, 0.25) is 0 Å². The van der Waals surface area contributed by atoms with Gasteiger partial charge in [-0.1, -0.05) is 6.07 Å². The molecule has 0 atom stereocenters. The average Bonchev–Trinajstić information content (AvgIpc) is 2.72. The van der Waals surface area contributed by atoms with E-state index < -0.39 is 5.97 Å². The molecule has 0 saturated carbocycles. The summed E-state index contributed by atoms with van der Waals surface area (Å²) in [6.07, 6.45) is 2.67. The van der Waals surface area contributed by atoms with Crippen LogP contribution in [-0.4, -0.2) is 28.0 Å². The number of carbonyl (C=O) groups is 1. The molecule has 0 saturated heterocycles. The second-order valence-corrected chi connectivity index (χ2v) is 5.68. The molecule has 22 heavy (non-hydrogen) atoms. The predicted octanol–water partition coefficient (Wildman–Crippen LogP) is 3.42. The van der Waals surface area contributed by atoms with Crippen molar-refractivity contribution in [2.45, 2.75) is 20.4 Å². The van der Waals surface area contributed by atoms with Gasteiger partial charge in [-0.15, -0.1) is 0 Å². The van der Waals surface area contributed by atoms with Gasteiger partial charge < -0.3 is 9.84 Å². The van der Waals surface area contributed by atoms with E-state index in [1.807, 2.05) is 36.7 Å². The molecule has 0 unspecified atom stereocenters. The first-order valence-corrected chi connectivity index (χ1v) is 7.49. The summed E-state index contributed by atoms with van der Waals surface area (Å²) in [6.45, 7) is 4.48. The van der Waals surface area contributed by atoms with Gasteiger partial charge in [0.1, 0.15) is 5.75 Å². The third-order valence-corrected chi connectivity index (χ3v) is 4.48. The summed E-state index contributed by atoms with van der Waals surface area (Å²) in [4.78, 5) is 10.6. The van der Waals surface area contributed by atoms with Gasteiger partial charge in [0.2, 0.25) is 0 Å². The van der Waals surface area contributed by atoms with E-state index in [0.29, 0.717) is 6.54 Å². The molecule has 1 heterocycles. The fourth-order valence-electron chi connectivity index (χ4n) is 2.18. The zero-order valence-corrected chi connectivity index (χ0v) is 14.2. The number of carboxylic acid groups (broad SMARTS) is 1. The van der Waals surface area contributed by atoms with Crippen molar-refractivity contribution in [1.82, 2.24) is 9.78 Å². The Morgan fingerprint density at radius 3 is 2.73 bits per heavy atom. The first-order chi connectivity index (χ1) is 10.4. The topological polar surface area (TPSA) is 64.3 Å². The molecule has 1 N–H and O–H groups in total. The zero-order valence-electron chi connectivity index (χ0n) is 12.6. The van der Waals surface area contributed by atoms with E-state index in [2.05, 4.69) is 21.0 Å². The third kappa shape index (κ3) is 3.57. The van der Waals surface area contributed by atoms with Gasteiger partial charge in [0.25, 0.3) is 0 Å². The molecule has 1 aromatic carbocycles. The third-order valence-electron chi connectivity index (χ3n) is 3.34. The molecule has 0 aliphatic rings. The fraction of sp³-hybridized carbons (Fsp3) is 0.250. The van der Waals surface area contributed by atoms with Crippen molar-refractivity contribution < 1.29 is 14.6 Å². The predicted molar refractivity (Wildman–Crippen MR) is 88.2 cm³/mol. The van der Waals surface area contributed by atoms with E-state index in [1.165, 1.54) is 0 Å². The van der Waals surface area contributed by atoms with Crippen LogP contribution in [0.1, 0.15) is 22.5 Å². The Hall–Kier alpha value is -2.08. The number of hydrogen-bond donors (Lipinski definition) is 1. The number of ether oxygens (including phenoxy) is 1. The van der Waals surface area contributed by atoms with Gasteiger partial charge in [-0.05, 0) is 53.5 Å². The van der Waals surface area contributed by atoms with Crippen LogP contribution in [0.15, 0.2) is 28.7 Å². The lowest BCUT2D eigenvalue weighted by atomic mass is 10.1. The van der Waals surface area contributed by atoms with Crippen molar-refractivity contribution in [2.75, 3.05) is 7.11 Å². The van der Waals surface area contributed by atoms with Gasteiger partial charge in [0.15, 0.2) is 0 Å². The van der Waals surface area contributed by atoms with Crippen LogP contribution in [0.25, 0.3) is 6.08 Å². The highest BCUT2D eigenvalue weighted by atomic mass is 79.9. The number of nitrogens with zero attached hydrogens (tertiary/aromatic N) is 2. The van der Waals surface area contributed by atoms with Crippen LogP contribution in [0.4, 0.5) is 0 Å². The lowest BCUT2D eigenvalue weighted by Crippen LogP contribution is -2.06. The Morgan fingerprint density at radius 1 is 1.45 bits per heavy atom. The van der Waals surface area contributed by atoms with Crippen molar-refractivity contribution in [1.29, 1.82) is 0 Å². The van der Waals surface area contributed by atoms with Gasteiger partial charge in [-0.25, -0.2) is 4.79 Å². The maximum absolute atomic E-state index is 10.6. The first kappa shape index (κ1) is 16.3. The molecule has 2 rings (SSSR count). The lowest BCUT2D eigenvalue weighted by molar-refractivity contribution is -0.131. The standard InChI is InChI=1S/C16H17BrN2O3/c1-10-16(17)11(2)19(18-10)9-13-8-12(5-7-15(20)21)4-6-14(13)22-3/h4-8H,9H2,1-3H3,(H,20,21). The number of carboxylic acids is 1. The minimum atomic E-state index is -0.972. The maximum Gasteiger partial charge on any atom is 0.328 e. The SMILES string of the molecule is COc1ccc(C=CC(=O)O)cc1Cn1nc(C)c(Br)c1C.